The zero-order valence-corrected chi connectivity index (χ0v) is 11.5. The summed E-state index contributed by atoms with van der Waals surface area (Å²) in [5.41, 5.74) is 3.92. The maximum atomic E-state index is 4.67. The van der Waals surface area contributed by atoms with E-state index in [9.17, 15) is 0 Å². The highest BCUT2D eigenvalue weighted by molar-refractivity contribution is 5.89. The zero-order valence-electron chi connectivity index (χ0n) is 11.5. The number of nitrogens with zero attached hydrogens (tertiary/aromatic N) is 4. The van der Waals surface area contributed by atoms with Crippen molar-refractivity contribution in [3.8, 4) is 0 Å². The highest BCUT2D eigenvalue weighted by Crippen LogP contribution is 2.25. The van der Waals surface area contributed by atoms with E-state index in [0.717, 1.165) is 35.5 Å². The lowest BCUT2D eigenvalue weighted by atomic mass is 9.96. The second-order valence-corrected chi connectivity index (χ2v) is 5.47. The van der Waals surface area contributed by atoms with Crippen molar-refractivity contribution in [3.05, 3.63) is 35.8 Å². The fraction of sp³-hybridized carbons (Fsp3) is 0.400. The van der Waals surface area contributed by atoms with Crippen LogP contribution in [-0.4, -0.2) is 32.7 Å². The lowest BCUT2D eigenvalue weighted by Crippen LogP contribution is -2.29. The summed E-state index contributed by atoms with van der Waals surface area (Å²) in [4.78, 5) is 9.01. The van der Waals surface area contributed by atoms with Gasteiger partial charge in [0.05, 0.1) is 11.1 Å². The number of hydrogen-bond acceptors (Lipinski definition) is 4. The van der Waals surface area contributed by atoms with Crippen molar-refractivity contribution >= 4 is 16.7 Å². The number of fused-ring (bicyclic) bond motifs is 3. The Balaban J connectivity index is 1.95. The Labute approximate surface area is 117 Å². The molecule has 3 aromatic rings. The molecule has 1 aliphatic rings. The van der Waals surface area contributed by atoms with E-state index in [1.807, 2.05) is 23.7 Å². The summed E-state index contributed by atoms with van der Waals surface area (Å²) in [6.07, 6.45) is 4.31. The topological polar surface area (TPSA) is 55.1 Å². The van der Waals surface area contributed by atoms with Crippen molar-refractivity contribution in [2.24, 2.45) is 0 Å². The molecule has 1 fully saturated rings. The summed E-state index contributed by atoms with van der Waals surface area (Å²) in [5.74, 6) is 0.504. The summed E-state index contributed by atoms with van der Waals surface area (Å²) < 4.78 is 1.98. The molecule has 4 rings (SSSR count). The van der Waals surface area contributed by atoms with Crippen molar-refractivity contribution in [1.82, 2.24) is 24.9 Å². The first-order chi connectivity index (χ1) is 9.83. The standard InChI is InChI=1S/C15H17N5/c1-10-4-5-12-14(18-10)19-20-13(6-8-17-15(12)20)11-3-2-7-16-9-11/h4-6,8,11,16H,2-3,7,9H2,1H3. The lowest BCUT2D eigenvalue weighted by molar-refractivity contribution is 0.448. The Kier molecular flexibility index (Phi) is 2.67. The van der Waals surface area contributed by atoms with E-state index in [2.05, 4.69) is 32.5 Å². The van der Waals surface area contributed by atoms with Crippen LogP contribution in [0.2, 0.25) is 0 Å². The van der Waals surface area contributed by atoms with Crippen molar-refractivity contribution < 1.29 is 0 Å². The fourth-order valence-electron chi connectivity index (χ4n) is 3.02. The molecule has 1 atom stereocenters. The number of nitrogens with one attached hydrogen (secondary N) is 1. The van der Waals surface area contributed by atoms with E-state index >= 15 is 0 Å². The number of rotatable bonds is 1. The van der Waals surface area contributed by atoms with Crippen molar-refractivity contribution in [2.75, 3.05) is 13.1 Å². The van der Waals surface area contributed by atoms with Crippen LogP contribution in [0.25, 0.3) is 16.7 Å². The molecule has 1 N–H and O–H groups in total. The lowest BCUT2D eigenvalue weighted by Gasteiger charge is -2.23. The number of pyridine rings is 1. The zero-order chi connectivity index (χ0) is 13.5. The highest BCUT2D eigenvalue weighted by Gasteiger charge is 2.19. The Morgan fingerprint density at radius 3 is 3.10 bits per heavy atom. The molecule has 5 nitrogen and oxygen atoms in total. The Morgan fingerprint density at radius 1 is 1.30 bits per heavy atom. The van der Waals surface area contributed by atoms with E-state index in [0.29, 0.717) is 5.92 Å². The highest BCUT2D eigenvalue weighted by atomic mass is 15.3. The van der Waals surface area contributed by atoms with E-state index in [1.54, 1.807) is 0 Å². The van der Waals surface area contributed by atoms with Crippen LogP contribution in [0.4, 0.5) is 0 Å². The molecule has 1 saturated heterocycles. The molecule has 20 heavy (non-hydrogen) atoms. The molecule has 4 heterocycles. The van der Waals surface area contributed by atoms with Crippen molar-refractivity contribution in [2.45, 2.75) is 25.7 Å². The van der Waals surface area contributed by atoms with Crippen molar-refractivity contribution in [1.29, 1.82) is 0 Å². The van der Waals surface area contributed by atoms with Gasteiger partial charge in [-0.05, 0) is 44.5 Å². The first-order valence-electron chi connectivity index (χ1n) is 7.14. The molecule has 0 aromatic carbocycles. The Hall–Kier alpha value is -2.01. The summed E-state index contributed by atoms with van der Waals surface area (Å²) >= 11 is 0. The third-order valence-electron chi connectivity index (χ3n) is 4.05. The largest absolute Gasteiger partial charge is 0.316 e. The van der Waals surface area contributed by atoms with Gasteiger partial charge in [0.25, 0.3) is 0 Å². The molecule has 0 radical (unpaired) electrons. The van der Waals surface area contributed by atoms with Gasteiger partial charge in [-0.25, -0.2) is 14.5 Å². The molecule has 0 bridgehead atoms. The predicted molar refractivity (Wildman–Crippen MR) is 77.9 cm³/mol. The van der Waals surface area contributed by atoms with Gasteiger partial charge in [-0.2, -0.15) is 0 Å². The van der Waals surface area contributed by atoms with Crippen LogP contribution in [0, 0.1) is 6.92 Å². The first-order valence-corrected chi connectivity index (χ1v) is 7.14. The van der Waals surface area contributed by atoms with E-state index in [4.69, 9.17) is 0 Å². The third-order valence-corrected chi connectivity index (χ3v) is 4.05. The van der Waals surface area contributed by atoms with Crippen LogP contribution in [0.15, 0.2) is 24.4 Å². The monoisotopic (exact) mass is 267 g/mol. The molecule has 1 aliphatic heterocycles. The van der Waals surface area contributed by atoms with E-state index in [-0.39, 0.29) is 0 Å². The molecule has 1 unspecified atom stereocenters. The van der Waals surface area contributed by atoms with Gasteiger partial charge in [0.15, 0.2) is 11.3 Å². The number of hydrogen-bond donors (Lipinski definition) is 1. The second kappa shape index (κ2) is 4.52. The Bertz CT molecular complexity index is 770. The Morgan fingerprint density at radius 2 is 2.25 bits per heavy atom. The van der Waals surface area contributed by atoms with E-state index in [1.165, 1.54) is 18.5 Å². The van der Waals surface area contributed by atoms with Crippen LogP contribution in [0.5, 0.6) is 0 Å². The number of aromatic nitrogens is 4. The molecular formula is C15H17N5. The smallest absolute Gasteiger partial charge is 0.184 e. The van der Waals surface area contributed by atoms with Crippen LogP contribution in [0.3, 0.4) is 0 Å². The predicted octanol–water partition coefficient (Wildman–Crippen LogP) is 2.05. The second-order valence-electron chi connectivity index (χ2n) is 5.47. The molecule has 5 heteroatoms. The number of piperidine rings is 1. The van der Waals surface area contributed by atoms with Gasteiger partial charge in [-0.1, -0.05) is 0 Å². The minimum Gasteiger partial charge on any atom is -0.316 e. The average Bonchev–Trinajstić information content (AvgIpc) is 2.85. The molecule has 3 aromatic heterocycles. The quantitative estimate of drug-likeness (QED) is 0.733. The maximum absolute atomic E-state index is 4.67. The van der Waals surface area contributed by atoms with Gasteiger partial charge in [0.1, 0.15) is 0 Å². The van der Waals surface area contributed by atoms with Gasteiger partial charge in [-0.15, -0.1) is 5.10 Å². The van der Waals surface area contributed by atoms with Gasteiger partial charge in [0.2, 0.25) is 0 Å². The molecule has 0 spiro atoms. The van der Waals surface area contributed by atoms with Gasteiger partial charge >= 0.3 is 0 Å². The van der Waals surface area contributed by atoms with E-state index < -0.39 is 0 Å². The molecule has 0 aliphatic carbocycles. The van der Waals surface area contributed by atoms with Crippen LogP contribution < -0.4 is 5.32 Å². The van der Waals surface area contributed by atoms with Gasteiger partial charge in [-0.3, -0.25) is 0 Å². The van der Waals surface area contributed by atoms with Gasteiger partial charge in [0, 0.05) is 24.4 Å². The van der Waals surface area contributed by atoms with Crippen molar-refractivity contribution in [3.63, 3.8) is 0 Å². The molecular weight excluding hydrogens is 250 g/mol. The normalized spacial score (nSPS) is 19.8. The van der Waals surface area contributed by atoms with Crippen LogP contribution in [0.1, 0.15) is 30.1 Å². The maximum Gasteiger partial charge on any atom is 0.184 e. The molecule has 0 amide bonds. The third kappa shape index (κ3) is 1.78. The molecule has 0 saturated carbocycles. The average molecular weight is 267 g/mol. The van der Waals surface area contributed by atoms with Crippen LogP contribution >= 0.6 is 0 Å². The minimum absolute atomic E-state index is 0.504. The first kappa shape index (κ1) is 11.8. The van der Waals surface area contributed by atoms with Crippen LogP contribution in [-0.2, 0) is 0 Å². The summed E-state index contributed by atoms with van der Waals surface area (Å²) in [6, 6.07) is 6.17. The minimum atomic E-state index is 0.504. The van der Waals surface area contributed by atoms with Gasteiger partial charge < -0.3 is 5.32 Å². The molecule has 102 valence electrons. The summed E-state index contributed by atoms with van der Waals surface area (Å²) in [6.45, 7) is 4.12. The summed E-state index contributed by atoms with van der Waals surface area (Å²) in [7, 11) is 0. The number of aryl methyl sites for hydroxylation is 1. The fourth-order valence-corrected chi connectivity index (χ4v) is 3.02. The summed E-state index contributed by atoms with van der Waals surface area (Å²) in [5, 5.41) is 9.16. The SMILES string of the molecule is Cc1ccc2c(n1)nn1c(C3CCCNC3)ccnc21.